The number of carbonyl (C=O) groups is 1. The zero-order chi connectivity index (χ0) is 14.0. The minimum atomic E-state index is 0.151. The molecule has 0 bridgehead atoms. The third kappa shape index (κ3) is 1.33. The van der Waals surface area contributed by atoms with Crippen LogP contribution in [0, 0.1) is 0 Å². The summed E-state index contributed by atoms with van der Waals surface area (Å²) in [6, 6.07) is 20.4. The SMILES string of the molecule is O=C1c2ccccc2-c2c1ccc1sc3ccccc3c21. The van der Waals surface area contributed by atoms with Crippen molar-refractivity contribution >= 4 is 37.3 Å². The van der Waals surface area contributed by atoms with Crippen LogP contribution < -0.4 is 0 Å². The summed E-state index contributed by atoms with van der Waals surface area (Å²) >= 11 is 1.79. The van der Waals surface area contributed by atoms with Gasteiger partial charge in [0.2, 0.25) is 0 Å². The van der Waals surface area contributed by atoms with E-state index in [1.807, 2.05) is 24.3 Å². The zero-order valence-corrected chi connectivity index (χ0v) is 11.9. The fourth-order valence-corrected chi connectivity index (χ4v) is 4.44. The van der Waals surface area contributed by atoms with Gasteiger partial charge in [-0.25, -0.2) is 0 Å². The number of fused-ring (bicyclic) bond motifs is 7. The summed E-state index contributed by atoms with van der Waals surface area (Å²) in [6.45, 7) is 0. The number of carbonyl (C=O) groups excluding carboxylic acids is 1. The average molecular weight is 286 g/mol. The van der Waals surface area contributed by atoms with Crippen LogP contribution in [0.3, 0.4) is 0 Å². The molecule has 4 aromatic rings. The molecule has 3 aromatic carbocycles. The van der Waals surface area contributed by atoms with E-state index >= 15 is 0 Å². The van der Waals surface area contributed by atoms with Crippen molar-refractivity contribution in [1.82, 2.24) is 0 Å². The van der Waals surface area contributed by atoms with Gasteiger partial charge in [0.15, 0.2) is 5.78 Å². The van der Waals surface area contributed by atoms with Gasteiger partial charge in [-0.3, -0.25) is 4.79 Å². The second kappa shape index (κ2) is 3.80. The molecule has 1 aromatic heterocycles. The molecule has 1 aliphatic carbocycles. The Morgan fingerprint density at radius 1 is 0.667 bits per heavy atom. The Morgan fingerprint density at radius 3 is 2.33 bits per heavy atom. The monoisotopic (exact) mass is 286 g/mol. The molecular weight excluding hydrogens is 276 g/mol. The van der Waals surface area contributed by atoms with Gasteiger partial charge in [0.25, 0.3) is 0 Å². The maximum Gasteiger partial charge on any atom is 0.194 e. The minimum absolute atomic E-state index is 0.151. The van der Waals surface area contributed by atoms with Crippen molar-refractivity contribution in [2.24, 2.45) is 0 Å². The molecule has 1 heterocycles. The first-order chi connectivity index (χ1) is 10.3. The van der Waals surface area contributed by atoms with Crippen LogP contribution in [0.25, 0.3) is 31.3 Å². The molecule has 0 atom stereocenters. The smallest absolute Gasteiger partial charge is 0.194 e. The van der Waals surface area contributed by atoms with Crippen molar-refractivity contribution in [2.45, 2.75) is 0 Å². The van der Waals surface area contributed by atoms with Gasteiger partial charge in [-0.05, 0) is 23.8 Å². The Kier molecular flexibility index (Phi) is 2.04. The largest absolute Gasteiger partial charge is 0.289 e. The molecule has 0 unspecified atom stereocenters. The van der Waals surface area contributed by atoms with Gasteiger partial charge in [0.1, 0.15) is 0 Å². The van der Waals surface area contributed by atoms with Crippen molar-refractivity contribution in [3.05, 3.63) is 71.8 Å². The van der Waals surface area contributed by atoms with Crippen molar-refractivity contribution in [1.29, 1.82) is 0 Å². The minimum Gasteiger partial charge on any atom is -0.289 e. The lowest BCUT2D eigenvalue weighted by Gasteiger charge is -2.02. The second-order valence-electron chi connectivity index (χ2n) is 5.33. The van der Waals surface area contributed by atoms with Crippen LogP contribution in [0.1, 0.15) is 15.9 Å². The van der Waals surface area contributed by atoms with Crippen LogP contribution in [0.2, 0.25) is 0 Å². The predicted octanol–water partition coefficient (Wildman–Crippen LogP) is 5.27. The summed E-state index contributed by atoms with van der Waals surface area (Å²) in [7, 11) is 0. The number of hydrogen-bond acceptors (Lipinski definition) is 2. The second-order valence-corrected chi connectivity index (χ2v) is 6.42. The highest BCUT2D eigenvalue weighted by molar-refractivity contribution is 7.26. The fraction of sp³-hybridized carbons (Fsp3) is 0. The van der Waals surface area contributed by atoms with E-state index in [2.05, 4.69) is 36.4 Å². The Labute approximate surface area is 125 Å². The molecule has 0 spiro atoms. The standard InChI is InChI=1S/C19H10OS/c20-19-12-6-2-1-5-11(12)17-14(19)9-10-16-18(17)13-7-3-4-8-15(13)21-16/h1-10H. The fourth-order valence-electron chi connectivity index (χ4n) is 3.33. The summed E-state index contributed by atoms with van der Waals surface area (Å²) in [4.78, 5) is 12.6. The summed E-state index contributed by atoms with van der Waals surface area (Å²) in [5, 5.41) is 2.48. The lowest BCUT2D eigenvalue weighted by atomic mass is 9.99. The molecule has 0 radical (unpaired) electrons. The van der Waals surface area contributed by atoms with Crippen molar-refractivity contribution in [3.63, 3.8) is 0 Å². The molecule has 1 nitrogen and oxygen atoms in total. The van der Waals surface area contributed by atoms with Gasteiger partial charge in [0, 0.05) is 36.9 Å². The molecule has 5 rings (SSSR count). The van der Waals surface area contributed by atoms with E-state index in [-0.39, 0.29) is 5.78 Å². The van der Waals surface area contributed by atoms with E-state index in [0.29, 0.717) is 0 Å². The molecule has 0 amide bonds. The predicted molar refractivity (Wildman–Crippen MR) is 88.2 cm³/mol. The molecule has 1 aliphatic rings. The van der Waals surface area contributed by atoms with Crippen LogP contribution in [0.5, 0.6) is 0 Å². The van der Waals surface area contributed by atoms with Crippen LogP contribution >= 0.6 is 11.3 Å². The van der Waals surface area contributed by atoms with Crippen LogP contribution in [-0.4, -0.2) is 5.78 Å². The first kappa shape index (κ1) is 11.2. The lowest BCUT2D eigenvalue weighted by molar-refractivity contribution is 0.104. The summed E-state index contributed by atoms with van der Waals surface area (Å²) < 4.78 is 2.53. The summed E-state index contributed by atoms with van der Waals surface area (Å²) in [5.41, 5.74) is 3.86. The van der Waals surface area contributed by atoms with E-state index in [0.717, 1.165) is 22.3 Å². The first-order valence-electron chi connectivity index (χ1n) is 6.93. The molecule has 0 saturated carbocycles. The number of ketones is 1. The van der Waals surface area contributed by atoms with Gasteiger partial charge >= 0.3 is 0 Å². The highest BCUT2D eigenvalue weighted by Gasteiger charge is 2.28. The highest BCUT2D eigenvalue weighted by Crippen LogP contribution is 2.46. The maximum absolute atomic E-state index is 12.6. The van der Waals surface area contributed by atoms with E-state index in [9.17, 15) is 4.79 Å². The number of rotatable bonds is 0. The quantitative estimate of drug-likeness (QED) is 0.379. The van der Waals surface area contributed by atoms with Gasteiger partial charge in [-0.15, -0.1) is 11.3 Å². The van der Waals surface area contributed by atoms with Gasteiger partial charge in [0.05, 0.1) is 0 Å². The van der Waals surface area contributed by atoms with Gasteiger partial charge in [-0.2, -0.15) is 0 Å². The van der Waals surface area contributed by atoms with Crippen LogP contribution in [-0.2, 0) is 0 Å². The third-order valence-corrected chi connectivity index (χ3v) is 5.37. The van der Waals surface area contributed by atoms with E-state index in [4.69, 9.17) is 0 Å². The van der Waals surface area contributed by atoms with Crippen molar-refractivity contribution < 1.29 is 4.79 Å². The van der Waals surface area contributed by atoms with E-state index in [1.165, 1.54) is 20.2 Å². The molecule has 98 valence electrons. The average Bonchev–Trinajstić information content (AvgIpc) is 3.04. The third-order valence-electron chi connectivity index (χ3n) is 4.23. The Morgan fingerprint density at radius 2 is 1.43 bits per heavy atom. The van der Waals surface area contributed by atoms with Gasteiger partial charge in [-0.1, -0.05) is 42.5 Å². The Hall–Kier alpha value is -2.45. The highest BCUT2D eigenvalue weighted by atomic mass is 32.1. The molecule has 0 fully saturated rings. The van der Waals surface area contributed by atoms with Crippen LogP contribution in [0.15, 0.2) is 60.7 Å². The van der Waals surface area contributed by atoms with E-state index in [1.54, 1.807) is 11.3 Å². The van der Waals surface area contributed by atoms with Gasteiger partial charge < -0.3 is 0 Å². The molecular formula is C19H10OS. The van der Waals surface area contributed by atoms with Crippen molar-refractivity contribution in [2.75, 3.05) is 0 Å². The summed E-state index contributed by atoms with van der Waals surface area (Å²) in [5.74, 6) is 0.151. The maximum atomic E-state index is 12.6. The zero-order valence-electron chi connectivity index (χ0n) is 11.1. The molecule has 0 aliphatic heterocycles. The molecule has 0 N–H and O–H groups in total. The number of thiophene rings is 1. The molecule has 0 saturated heterocycles. The normalized spacial score (nSPS) is 12.9. The molecule has 21 heavy (non-hydrogen) atoms. The Bertz CT molecular complexity index is 1060. The van der Waals surface area contributed by atoms with E-state index < -0.39 is 0 Å². The Balaban J connectivity index is 2.06. The summed E-state index contributed by atoms with van der Waals surface area (Å²) in [6.07, 6.45) is 0. The lowest BCUT2D eigenvalue weighted by Crippen LogP contribution is -1.93. The number of hydrogen-bond donors (Lipinski definition) is 0. The number of benzene rings is 3. The van der Waals surface area contributed by atoms with Crippen molar-refractivity contribution in [3.8, 4) is 11.1 Å². The topological polar surface area (TPSA) is 17.1 Å². The molecule has 2 heteroatoms. The first-order valence-corrected chi connectivity index (χ1v) is 7.74. The van der Waals surface area contributed by atoms with Crippen LogP contribution in [0.4, 0.5) is 0 Å².